The highest BCUT2D eigenvalue weighted by atomic mass is 16.4. The minimum Gasteiger partial charge on any atom is -0.422 e. The van der Waals surface area contributed by atoms with Crippen LogP contribution in [0.15, 0.2) is 94.7 Å². The van der Waals surface area contributed by atoms with E-state index in [1.807, 2.05) is 72.8 Å². The third kappa shape index (κ3) is 3.52. The van der Waals surface area contributed by atoms with Gasteiger partial charge in [0.2, 0.25) is 0 Å². The van der Waals surface area contributed by atoms with E-state index in [0.29, 0.717) is 11.8 Å². The Morgan fingerprint density at radius 3 is 2.27 bits per heavy atom. The molecule has 1 N–H and O–H groups in total. The molecule has 26 heavy (non-hydrogen) atoms. The number of hydrogen-bond donors (Lipinski definition) is 1. The molecular formula is C21H16N4O. The number of benzene rings is 2. The number of hydrazone groups is 1. The first kappa shape index (κ1) is 15.8. The van der Waals surface area contributed by atoms with Gasteiger partial charge < -0.3 is 4.42 Å². The topological polar surface area (TPSA) is 63.3 Å². The standard InChI is InChI=1S/C21H16N4O/c1-3-9-17(10-4-1)19-20(18-11-5-2-6-12-18)26-21(24-19)25-23-15-16-8-7-13-22-14-16/h1-15H,(H,24,25)/b23-15+. The van der Waals surface area contributed by atoms with Gasteiger partial charge in [-0.3, -0.25) is 4.98 Å². The molecule has 0 spiro atoms. The normalized spacial score (nSPS) is 10.9. The van der Waals surface area contributed by atoms with Crippen LogP contribution in [0.4, 0.5) is 6.01 Å². The molecule has 0 fully saturated rings. The first-order chi connectivity index (χ1) is 12.9. The van der Waals surface area contributed by atoms with Crippen LogP contribution in [0.5, 0.6) is 0 Å². The quantitative estimate of drug-likeness (QED) is 0.417. The van der Waals surface area contributed by atoms with Gasteiger partial charge in [0.15, 0.2) is 5.76 Å². The zero-order valence-corrected chi connectivity index (χ0v) is 13.9. The SMILES string of the molecule is C(=N\Nc1nc(-c2ccccc2)c(-c2ccccc2)o1)/c1cccnc1. The van der Waals surface area contributed by atoms with Crippen molar-refractivity contribution in [2.45, 2.75) is 0 Å². The van der Waals surface area contributed by atoms with Gasteiger partial charge in [-0.15, -0.1) is 0 Å². The first-order valence-corrected chi connectivity index (χ1v) is 8.21. The van der Waals surface area contributed by atoms with Crippen LogP contribution in [-0.2, 0) is 0 Å². The molecule has 2 aromatic carbocycles. The summed E-state index contributed by atoms with van der Waals surface area (Å²) in [6.07, 6.45) is 5.12. The maximum atomic E-state index is 5.94. The molecule has 5 nitrogen and oxygen atoms in total. The van der Waals surface area contributed by atoms with Crippen LogP contribution in [0.1, 0.15) is 5.56 Å². The summed E-state index contributed by atoms with van der Waals surface area (Å²) in [5.41, 5.74) is 6.47. The van der Waals surface area contributed by atoms with E-state index in [1.54, 1.807) is 18.6 Å². The van der Waals surface area contributed by atoms with Crippen molar-refractivity contribution >= 4 is 12.2 Å². The van der Waals surface area contributed by atoms with Gasteiger partial charge in [0.1, 0.15) is 5.69 Å². The highest BCUT2D eigenvalue weighted by molar-refractivity contribution is 5.80. The van der Waals surface area contributed by atoms with Gasteiger partial charge in [-0.2, -0.15) is 10.1 Å². The van der Waals surface area contributed by atoms with E-state index in [2.05, 4.69) is 20.5 Å². The van der Waals surface area contributed by atoms with Crippen molar-refractivity contribution in [3.05, 3.63) is 90.8 Å². The zero-order chi connectivity index (χ0) is 17.6. The Balaban J connectivity index is 1.66. The highest BCUT2D eigenvalue weighted by Crippen LogP contribution is 2.34. The lowest BCUT2D eigenvalue weighted by atomic mass is 10.1. The van der Waals surface area contributed by atoms with Crippen LogP contribution >= 0.6 is 0 Å². The number of anilines is 1. The summed E-state index contributed by atoms with van der Waals surface area (Å²) >= 11 is 0. The fourth-order valence-electron chi connectivity index (χ4n) is 2.56. The Morgan fingerprint density at radius 1 is 0.846 bits per heavy atom. The molecule has 126 valence electrons. The Bertz CT molecular complexity index is 939. The van der Waals surface area contributed by atoms with Crippen molar-refractivity contribution in [3.63, 3.8) is 0 Å². The summed E-state index contributed by atoms with van der Waals surface area (Å²) in [6.45, 7) is 0. The highest BCUT2D eigenvalue weighted by Gasteiger charge is 2.16. The molecule has 0 saturated carbocycles. The van der Waals surface area contributed by atoms with Crippen molar-refractivity contribution in [3.8, 4) is 22.6 Å². The lowest BCUT2D eigenvalue weighted by molar-refractivity contribution is 0.587. The lowest BCUT2D eigenvalue weighted by Gasteiger charge is -2.00. The molecule has 0 aliphatic heterocycles. The third-order valence-corrected chi connectivity index (χ3v) is 3.77. The molecule has 0 aliphatic rings. The zero-order valence-electron chi connectivity index (χ0n) is 13.9. The van der Waals surface area contributed by atoms with E-state index >= 15 is 0 Å². The van der Waals surface area contributed by atoms with Gasteiger partial charge in [0.05, 0.1) is 6.21 Å². The molecule has 0 amide bonds. The van der Waals surface area contributed by atoms with Crippen LogP contribution in [0.2, 0.25) is 0 Å². The van der Waals surface area contributed by atoms with Crippen molar-refractivity contribution < 1.29 is 4.42 Å². The van der Waals surface area contributed by atoms with Crippen LogP contribution < -0.4 is 5.43 Å². The van der Waals surface area contributed by atoms with Gasteiger partial charge in [-0.1, -0.05) is 66.7 Å². The molecule has 2 heterocycles. The van der Waals surface area contributed by atoms with E-state index in [1.165, 1.54) is 0 Å². The minimum atomic E-state index is 0.336. The van der Waals surface area contributed by atoms with E-state index in [4.69, 9.17) is 4.42 Å². The smallest absolute Gasteiger partial charge is 0.316 e. The summed E-state index contributed by atoms with van der Waals surface area (Å²) in [6, 6.07) is 24.0. The second-order valence-electron chi connectivity index (χ2n) is 5.59. The fourth-order valence-corrected chi connectivity index (χ4v) is 2.56. The predicted molar refractivity (Wildman–Crippen MR) is 103 cm³/mol. The largest absolute Gasteiger partial charge is 0.422 e. The maximum Gasteiger partial charge on any atom is 0.316 e. The second-order valence-corrected chi connectivity index (χ2v) is 5.59. The predicted octanol–water partition coefficient (Wildman–Crippen LogP) is 4.85. The summed E-state index contributed by atoms with van der Waals surface area (Å²) in [5, 5.41) is 4.18. The van der Waals surface area contributed by atoms with Gasteiger partial charge >= 0.3 is 6.01 Å². The molecule has 0 bridgehead atoms. The molecule has 4 aromatic rings. The monoisotopic (exact) mass is 340 g/mol. The minimum absolute atomic E-state index is 0.336. The van der Waals surface area contributed by atoms with Crippen molar-refractivity contribution in [1.29, 1.82) is 0 Å². The Kier molecular flexibility index (Phi) is 4.52. The molecule has 2 aromatic heterocycles. The van der Waals surface area contributed by atoms with E-state index < -0.39 is 0 Å². The average molecular weight is 340 g/mol. The molecule has 0 atom stereocenters. The van der Waals surface area contributed by atoms with Crippen molar-refractivity contribution in [2.75, 3.05) is 5.43 Å². The number of rotatable bonds is 5. The summed E-state index contributed by atoms with van der Waals surface area (Å²) in [7, 11) is 0. The van der Waals surface area contributed by atoms with E-state index in [-0.39, 0.29) is 0 Å². The average Bonchev–Trinajstić information content (AvgIpc) is 3.14. The molecule has 0 unspecified atom stereocenters. The van der Waals surface area contributed by atoms with E-state index in [9.17, 15) is 0 Å². The van der Waals surface area contributed by atoms with Crippen LogP contribution in [0.25, 0.3) is 22.6 Å². The van der Waals surface area contributed by atoms with Crippen LogP contribution in [0, 0.1) is 0 Å². The Morgan fingerprint density at radius 2 is 1.58 bits per heavy atom. The van der Waals surface area contributed by atoms with Crippen LogP contribution in [0.3, 0.4) is 0 Å². The second kappa shape index (κ2) is 7.44. The van der Waals surface area contributed by atoms with Gasteiger partial charge in [0.25, 0.3) is 0 Å². The summed E-state index contributed by atoms with van der Waals surface area (Å²) in [4.78, 5) is 8.63. The number of pyridine rings is 1. The first-order valence-electron chi connectivity index (χ1n) is 8.21. The molecule has 4 rings (SSSR count). The summed E-state index contributed by atoms with van der Waals surface area (Å²) in [5.74, 6) is 0.705. The van der Waals surface area contributed by atoms with E-state index in [0.717, 1.165) is 22.4 Å². The fraction of sp³-hybridized carbons (Fsp3) is 0. The van der Waals surface area contributed by atoms with Gasteiger partial charge in [-0.25, -0.2) is 5.43 Å². The summed E-state index contributed by atoms with van der Waals surface area (Å²) < 4.78 is 5.94. The molecule has 0 saturated heterocycles. The maximum absolute atomic E-state index is 5.94. The molecule has 0 aliphatic carbocycles. The number of nitrogens with one attached hydrogen (secondary N) is 1. The number of oxazole rings is 1. The van der Waals surface area contributed by atoms with Gasteiger partial charge in [0, 0.05) is 29.1 Å². The number of nitrogens with zero attached hydrogens (tertiary/aromatic N) is 3. The number of aromatic nitrogens is 2. The Labute approximate surface area is 151 Å². The molecule has 5 heteroatoms. The van der Waals surface area contributed by atoms with Crippen LogP contribution in [-0.4, -0.2) is 16.2 Å². The molecular weight excluding hydrogens is 324 g/mol. The number of hydrogen-bond acceptors (Lipinski definition) is 5. The Hall–Kier alpha value is -3.73. The third-order valence-electron chi connectivity index (χ3n) is 3.77. The van der Waals surface area contributed by atoms with Gasteiger partial charge in [-0.05, 0) is 6.07 Å². The van der Waals surface area contributed by atoms with Crippen molar-refractivity contribution in [1.82, 2.24) is 9.97 Å². The van der Waals surface area contributed by atoms with Crippen molar-refractivity contribution in [2.24, 2.45) is 5.10 Å². The lowest BCUT2D eigenvalue weighted by Crippen LogP contribution is -1.91. The molecule has 0 radical (unpaired) electrons.